The van der Waals surface area contributed by atoms with Crippen molar-refractivity contribution in [2.75, 3.05) is 7.11 Å². The van der Waals surface area contributed by atoms with Gasteiger partial charge in [-0.25, -0.2) is 9.78 Å². The van der Waals surface area contributed by atoms with Gasteiger partial charge in [-0.3, -0.25) is 0 Å². The molecule has 0 saturated carbocycles. The average molecular weight is 372 g/mol. The molecule has 0 saturated heterocycles. The molecule has 1 aromatic heterocycles. The van der Waals surface area contributed by atoms with Crippen molar-refractivity contribution in [1.29, 1.82) is 0 Å². The summed E-state index contributed by atoms with van der Waals surface area (Å²) in [5, 5.41) is 0. The summed E-state index contributed by atoms with van der Waals surface area (Å²) in [6, 6.07) is 25.3. The highest BCUT2D eigenvalue weighted by Gasteiger charge is 2.12. The van der Waals surface area contributed by atoms with Crippen LogP contribution >= 0.6 is 0 Å². The normalized spacial score (nSPS) is 10.8. The Morgan fingerprint density at radius 1 is 0.964 bits per heavy atom. The highest BCUT2D eigenvalue weighted by atomic mass is 16.5. The van der Waals surface area contributed by atoms with Gasteiger partial charge >= 0.3 is 5.97 Å². The minimum Gasteiger partial charge on any atom is -0.486 e. The van der Waals surface area contributed by atoms with E-state index in [0.717, 1.165) is 16.9 Å². The summed E-state index contributed by atoms with van der Waals surface area (Å²) in [5.74, 6) is 1.04. The molecule has 4 rings (SSSR count). The van der Waals surface area contributed by atoms with E-state index in [1.165, 1.54) is 12.7 Å². The van der Waals surface area contributed by atoms with Crippen molar-refractivity contribution >= 4 is 17.0 Å². The van der Waals surface area contributed by atoms with E-state index in [4.69, 9.17) is 14.5 Å². The number of aromatic nitrogens is 2. The molecule has 0 amide bonds. The molecule has 0 spiro atoms. The van der Waals surface area contributed by atoms with E-state index in [1.807, 2.05) is 42.5 Å². The molecule has 4 aromatic rings. The molecular weight excluding hydrogens is 352 g/mol. The first kappa shape index (κ1) is 17.8. The Morgan fingerprint density at radius 2 is 1.75 bits per heavy atom. The standard InChI is InChI=1S/C23H20N2O3/c1-27-23(26)18-10-7-11-19(14-18)28-16-22-24-20-12-5-6-13-21(20)25(22)15-17-8-3-2-4-9-17/h2-14H,15-16H2,1H3. The van der Waals surface area contributed by atoms with E-state index >= 15 is 0 Å². The molecule has 0 aliphatic carbocycles. The van der Waals surface area contributed by atoms with E-state index in [0.29, 0.717) is 24.5 Å². The fourth-order valence-corrected chi connectivity index (χ4v) is 3.16. The number of para-hydroxylation sites is 2. The molecule has 0 aliphatic rings. The summed E-state index contributed by atoms with van der Waals surface area (Å²) in [4.78, 5) is 16.5. The first-order valence-electron chi connectivity index (χ1n) is 9.04. The smallest absolute Gasteiger partial charge is 0.337 e. The predicted octanol–water partition coefficient (Wildman–Crippen LogP) is 4.45. The van der Waals surface area contributed by atoms with E-state index in [2.05, 4.69) is 22.8 Å². The Labute approximate surface area is 163 Å². The van der Waals surface area contributed by atoms with Gasteiger partial charge in [0, 0.05) is 6.54 Å². The molecule has 0 atom stereocenters. The van der Waals surface area contributed by atoms with Crippen molar-refractivity contribution in [3.05, 3.63) is 95.8 Å². The number of rotatable bonds is 6. The molecule has 0 fully saturated rings. The number of carbonyl (C=O) groups is 1. The SMILES string of the molecule is COC(=O)c1cccc(OCc2nc3ccccc3n2Cc2ccccc2)c1. The summed E-state index contributed by atoms with van der Waals surface area (Å²) in [7, 11) is 1.36. The van der Waals surface area contributed by atoms with E-state index in [-0.39, 0.29) is 5.97 Å². The molecule has 0 bridgehead atoms. The van der Waals surface area contributed by atoms with Crippen LogP contribution in [0.25, 0.3) is 11.0 Å². The zero-order valence-corrected chi connectivity index (χ0v) is 15.5. The fourth-order valence-electron chi connectivity index (χ4n) is 3.16. The number of nitrogens with zero attached hydrogens (tertiary/aromatic N) is 2. The molecular formula is C23H20N2O3. The maximum Gasteiger partial charge on any atom is 0.337 e. The first-order chi connectivity index (χ1) is 13.7. The lowest BCUT2D eigenvalue weighted by molar-refractivity contribution is 0.0600. The van der Waals surface area contributed by atoms with Gasteiger partial charge in [-0.05, 0) is 35.9 Å². The number of imidazole rings is 1. The number of fused-ring (bicyclic) bond motifs is 1. The van der Waals surface area contributed by atoms with Gasteiger partial charge in [0.15, 0.2) is 0 Å². The zero-order chi connectivity index (χ0) is 19.3. The number of carbonyl (C=O) groups excluding carboxylic acids is 1. The van der Waals surface area contributed by atoms with Crippen LogP contribution in [0.1, 0.15) is 21.7 Å². The first-order valence-corrected chi connectivity index (χ1v) is 9.04. The van der Waals surface area contributed by atoms with Crippen molar-refractivity contribution in [3.63, 3.8) is 0 Å². The van der Waals surface area contributed by atoms with Crippen LogP contribution < -0.4 is 4.74 Å². The molecule has 0 N–H and O–H groups in total. The largest absolute Gasteiger partial charge is 0.486 e. The summed E-state index contributed by atoms with van der Waals surface area (Å²) in [6.45, 7) is 1.01. The van der Waals surface area contributed by atoms with Crippen molar-refractivity contribution in [2.45, 2.75) is 13.2 Å². The Bertz CT molecular complexity index is 1100. The summed E-state index contributed by atoms with van der Waals surface area (Å²) in [5.41, 5.74) is 3.64. The number of benzene rings is 3. The molecule has 140 valence electrons. The van der Waals surface area contributed by atoms with Crippen LogP contribution in [0.3, 0.4) is 0 Å². The van der Waals surface area contributed by atoms with Crippen LogP contribution in [0.2, 0.25) is 0 Å². The lowest BCUT2D eigenvalue weighted by Crippen LogP contribution is -2.09. The van der Waals surface area contributed by atoms with E-state index in [1.54, 1.807) is 18.2 Å². The molecule has 0 radical (unpaired) electrons. The van der Waals surface area contributed by atoms with Gasteiger partial charge in [0.1, 0.15) is 18.2 Å². The molecule has 5 nitrogen and oxygen atoms in total. The van der Waals surface area contributed by atoms with E-state index < -0.39 is 0 Å². The lowest BCUT2D eigenvalue weighted by Gasteiger charge is -2.11. The minimum atomic E-state index is -0.387. The van der Waals surface area contributed by atoms with Gasteiger partial charge in [-0.15, -0.1) is 0 Å². The van der Waals surface area contributed by atoms with Crippen molar-refractivity contribution < 1.29 is 14.3 Å². The van der Waals surface area contributed by atoms with Crippen LogP contribution in [-0.4, -0.2) is 22.6 Å². The van der Waals surface area contributed by atoms with Gasteiger partial charge in [-0.2, -0.15) is 0 Å². The van der Waals surface area contributed by atoms with Crippen LogP contribution in [0.4, 0.5) is 0 Å². The highest BCUT2D eigenvalue weighted by molar-refractivity contribution is 5.89. The number of hydrogen-bond donors (Lipinski definition) is 0. The fraction of sp³-hybridized carbons (Fsp3) is 0.130. The second kappa shape index (κ2) is 7.96. The number of methoxy groups -OCH3 is 1. The van der Waals surface area contributed by atoms with Crippen LogP contribution in [-0.2, 0) is 17.9 Å². The molecule has 5 heteroatoms. The Balaban J connectivity index is 1.62. The predicted molar refractivity (Wildman–Crippen MR) is 107 cm³/mol. The van der Waals surface area contributed by atoms with Crippen molar-refractivity contribution in [3.8, 4) is 5.75 Å². The molecule has 0 unspecified atom stereocenters. The number of esters is 1. The molecule has 3 aromatic carbocycles. The van der Waals surface area contributed by atoms with Crippen molar-refractivity contribution in [1.82, 2.24) is 9.55 Å². The van der Waals surface area contributed by atoms with Crippen molar-refractivity contribution in [2.24, 2.45) is 0 Å². The second-order valence-electron chi connectivity index (χ2n) is 6.40. The zero-order valence-electron chi connectivity index (χ0n) is 15.5. The van der Waals surface area contributed by atoms with Gasteiger partial charge in [0.05, 0.1) is 23.7 Å². The second-order valence-corrected chi connectivity index (χ2v) is 6.40. The lowest BCUT2D eigenvalue weighted by atomic mass is 10.2. The van der Waals surface area contributed by atoms with Gasteiger partial charge < -0.3 is 14.0 Å². The summed E-state index contributed by atoms with van der Waals surface area (Å²) >= 11 is 0. The van der Waals surface area contributed by atoms with Gasteiger partial charge in [0.2, 0.25) is 0 Å². The quantitative estimate of drug-likeness (QED) is 0.469. The monoisotopic (exact) mass is 372 g/mol. The third-order valence-electron chi connectivity index (χ3n) is 4.54. The van der Waals surface area contributed by atoms with Gasteiger partial charge in [0.25, 0.3) is 0 Å². The highest BCUT2D eigenvalue weighted by Crippen LogP contribution is 2.21. The van der Waals surface area contributed by atoms with E-state index in [9.17, 15) is 4.79 Å². The summed E-state index contributed by atoms with van der Waals surface area (Å²) in [6.07, 6.45) is 0. The molecule has 1 heterocycles. The maximum atomic E-state index is 11.7. The van der Waals surface area contributed by atoms with Crippen LogP contribution in [0.15, 0.2) is 78.9 Å². The molecule has 28 heavy (non-hydrogen) atoms. The van der Waals surface area contributed by atoms with Gasteiger partial charge in [-0.1, -0.05) is 48.5 Å². The Kier molecular flexibility index (Phi) is 5.06. The summed E-state index contributed by atoms with van der Waals surface area (Å²) < 4.78 is 12.9. The van der Waals surface area contributed by atoms with Crippen LogP contribution in [0.5, 0.6) is 5.75 Å². The van der Waals surface area contributed by atoms with Crippen LogP contribution in [0, 0.1) is 0 Å². The average Bonchev–Trinajstić information content (AvgIpc) is 3.10. The topological polar surface area (TPSA) is 53.4 Å². The maximum absolute atomic E-state index is 11.7. The number of hydrogen-bond acceptors (Lipinski definition) is 4. The minimum absolute atomic E-state index is 0.298. The molecule has 0 aliphatic heterocycles. The number of ether oxygens (including phenoxy) is 2. The Morgan fingerprint density at radius 3 is 2.57 bits per heavy atom. The third kappa shape index (κ3) is 3.74. The third-order valence-corrected chi connectivity index (χ3v) is 4.54. The Hall–Kier alpha value is -3.60.